The monoisotopic (exact) mass is 347 g/mol. The van der Waals surface area contributed by atoms with Gasteiger partial charge in [0, 0.05) is 5.69 Å². The maximum Gasteiger partial charge on any atom is 0.261 e. The molecule has 4 nitrogen and oxygen atoms in total. The minimum absolute atomic E-state index is 0.254. The zero-order valence-electron chi connectivity index (χ0n) is 14.3. The number of benzene rings is 2. The fourth-order valence-electron chi connectivity index (χ4n) is 2.27. The molecule has 0 saturated carbocycles. The molecule has 2 rings (SSSR count). The Balaban J connectivity index is 1.92. The van der Waals surface area contributed by atoms with Crippen LogP contribution in [0.4, 0.5) is 5.69 Å². The van der Waals surface area contributed by atoms with E-state index in [4.69, 9.17) is 4.74 Å². The third-order valence-electron chi connectivity index (χ3n) is 3.70. The van der Waals surface area contributed by atoms with Gasteiger partial charge in [-0.3, -0.25) is 4.72 Å². The van der Waals surface area contributed by atoms with Gasteiger partial charge >= 0.3 is 0 Å². The highest BCUT2D eigenvalue weighted by molar-refractivity contribution is 7.92. The van der Waals surface area contributed by atoms with Gasteiger partial charge < -0.3 is 4.74 Å². The van der Waals surface area contributed by atoms with Crippen LogP contribution in [0, 0.1) is 6.92 Å². The molecule has 0 aliphatic rings. The smallest absolute Gasteiger partial charge is 0.261 e. The lowest BCUT2D eigenvalue weighted by molar-refractivity contribution is 0.305. The van der Waals surface area contributed by atoms with Crippen LogP contribution in [-0.2, 0) is 10.0 Å². The number of rotatable bonds is 9. The Morgan fingerprint density at radius 1 is 0.917 bits per heavy atom. The summed E-state index contributed by atoms with van der Waals surface area (Å²) >= 11 is 0. The van der Waals surface area contributed by atoms with E-state index < -0.39 is 10.0 Å². The van der Waals surface area contributed by atoms with E-state index >= 15 is 0 Å². The van der Waals surface area contributed by atoms with Gasteiger partial charge in [0.15, 0.2) is 0 Å². The highest BCUT2D eigenvalue weighted by Crippen LogP contribution is 2.20. The van der Waals surface area contributed by atoms with Gasteiger partial charge in [-0.15, -0.1) is 0 Å². The molecule has 0 saturated heterocycles. The van der Waals surface area contributed by atoms with Gasteiger partial charge in [0.2, 0.25) is 0 Å². The predicted octanol–water partition coefficient (Wildman–Crippen LogP) is 4.75. The average Bonchev–Trinajstić information content (AvgIpc) is 2.56. The maximum absolute atomic E-state index is 12.3. The van der Waals surface area contributed by atoms with Crippen molar-refractivity contribution < 1.29 is 13.2 Å². The second-order valence-electron chi connectivity index (χ2n) is 5.85. The highest BCUT2D eigenvalue weighted by atomic mass is 32.2. The molecule has 5 heteroatoms. The van der Waals surface area contributed by atoms with Crippen molar-refractivity contribution in [2.45, 2.75) is 44.4 Å². The van der Waals surface area contributed by atoms with Gasteiger partial charge in [-0.05, 0) is 49.7 Å². The van der Waals surface area contributed by atoms with E-state index in [9.17, 15) is 8.42 Å². The summed E-state index contributed by atoms with van der Waals surface area (Å²) in [5, 5.41) is 0. The SMILES string of the molecule is CCCCCCOc1ccc(NS(=O)(=O)c2ccc(C)cc2)cc1. The number of anilines is 1. The largest absolute Gasteiger partial charge is 0.494 e. The van der Waals surface area contributed by atoms with Crippen LogP contribution in [-0.4, -0.2) is 15.0 Å². The average molecular weight is 347 g/mol. The molecule has 0 amide bonds. The lowest BCUT2D eigenvalue weighted by Crippen LogP contribution is -2.12. The van der Waals surface area contributed by atoms with Crippen molar-refractivity contribution in [2.75, 3.05) is 11.3 Å². The van der Waals surface area contributed by atoms with Crippen LogP contribution in [0.3, 0.4) is 0 Å². The fourth-order valence-corrected chi connectivity index (χ4v) is 3.33. The fraction of sp³-hybridized carbons (Fsp3) is 0.368. The number of unbranched alkanes of at least 4 members (excludes halogenated alkanes) is 3. The van der Waals surface area contributed by atoms with Crippen molar-refractivity contribution in [1.82, 2.24) is 0 Å². The Bertz CT molecular complexity index is 722. The molecule has 0 radical (unpaired) electrons. The molecule has 0 aliphatic heterocycles. The summed E-state index contributed by atoms with van der Waals surface area (Å²) in [5.74, 6) is 0.754. The second-order valence-corrected chi connectivity index (χ2v) is 7.53. The molecule has 0 fully saturated rings. The minimum atomic E-state index is -3.56. The molecule has 0 unspecified atom stereocenters. The molecule has 2 aromatic rings. The van der Waals surface area contributed by atoms with Crippen LogP contribution in [0.5, 0.6) is 5.75 Å². The number of hydrogen-bond acceptors (Lipinski definition) is 3. The summed E-state index contributed by atoms with van der Waals surface area (Å²) in [7, 11) is -3.56. The Labute approximate surface area is 144 Å². The molecule has 1 N–H and O–H groups in total. The molecule has 2 aromatic carbocycles. The topological polar surface area (TPSA) is 55.4 Å². The first kappa shape index (κ1) is 18.3. The van der Waals surface area contributed by atoms with E-state index in [-0.39, 0.29) is 4.90 Å². The molecule has 0 spiro atoms. The number of hydrogen-bond donors (Lipinski definition) is 1. The Hall–Kier alpha value is -2.01. The van der Waals surface area contributed by atoms with Crippen LogP contribution in [0.15, 0.2) is 53.4 Å². The van der Waals surface area contributed by atoms with Crippen LogP contribution >= 0.6 is 0 Å². The molecular weight excluding hydrogens is 322 g/mol. The zero-order chi connectivity index (χ0) is 17.4. The van der Waals surface area contributed by atoms with Gasteiger partial charge in [-0.1, -0.05) is 43.9 Å². The molecule has 130 valence electrons. The van der Waals surface area contributed by atoms with Gasteiger partial charge in [0.05, 0.1) is 11.5 Å². The van der Waals surface area contributed by atoms with E-state index in [2.05, 4.69) is 11.6 Å². The van der Waals surface area contributed by atoms with Crippen molar-refractivity contribution >= 4 is 15.7 Å². The summed E-state index contributed by atoms with van der Waals surface area (Å²) < 4.78 is 32.9. The molecule has 0 aliphatic carbocycles. The van der Waals surface area contributed by atoms with E-state index in [1.807, 2.05) is 6.92 Å². The first-order valence-electron chi connectivity index (χ1n) is 8.33. The third kappa shape index (κ3) is 5.57. The standard InChI is InChI=1S/C19H25NO3S/c1-3-4-5-6-15-23-18-11-9-17(10-12-18)20-24(21,22)19-13-7-16(2)8-14-19/h7-14,20H,3-6,15H2,1-2H3. The van der Waals surface area contributed by atoms with E-state index in [1.165, 1.54) is 19.3 Å². The summed E-state index contributed by atoms with van der Waals surface area (Å²) in [6.45, 7) is 4.79. The minimum Gasteiger partial charge on any atom is -0.494 e. The molecule has 0 bridgehead atoms. The summed E-state index contributed by atoms with van der Waals surface area (Å²) in [6, 6.07) is 13.8. The predicted molar refractivity (Wildman–Crippen MR) is 98.1 cm³/mol. The van der Waals surface area contributed by atoms with Crippen LogP contribution in [0.1, 0.15) is 38.2 Å². The second kappa shape index (κ2) is 8.73. The van der Waals surface area contributed by atoms with Crippen molar-refractivity contribution in [1.29, 1.82) is 0 Å². The van der Waals surface area contributed by atoms with E-state index in [1.54, 1.807) is 48.5 Å². The Kier molecular flexibility index (Phi) is 6.67. The van der Waals surface area contributed by atoms with Crippen molar-refractivity contribution in [3.63, 3.8) is 0 Å². The molecule has 0 heterocycles. The molecule has 24 heavy (non-hydrogen) atoms. The van der Waals surface area contributed by atoms with Crippen LogP contribution < -0.4 is 9.46 Å². The van der Waals surface area contributed by atoms with Gasteiger partial charge in [0.25, 0.3) is 10.0 Å². The quantitative estimate of drug-likeness (QED) is 0.666. The summed E-state index contributed by atoms with van der Waals surface area (Å²) in [4.78, 5) is 0.254. The van der Waals surface area contributed by atoms with Gasteiger partial charge in [-0.2, -0.15) is 0 Å². The number of sulfonamides is 1. The lowest BCUT2D eigenvalue weighted by atomic mass is 10.2. The first-order chi connectivity index (χ1) is 11.5. The van der Waals surface area contributed by atoms with Crippen LogP contribution in [0.2, 0.25) is 0 Å². The van der Waals surface area contributed by atoms with Crippen LogP contribution in [0.25, 0.3) is 0 Å². The normalized spacial score (nSPS) is 11.2. The third-order valence-corrected chi connectivity index (χ3v) is 5.10. The Morgan fingerprint density at radius 3 is 2.21 bits per heavy atom. The van der Waals surface area contributed by atoms with E-state index in [0.717, 1.165) is 17.7 Å². The van der Waals surface area contributed by atoms with Gasteiger partial charge in [-0.25, -0.2) is 8.42 Å². The highest BCUT2D eigenvalue weighted by Gasteiger charge is 2.13. The van der Waals surface area contributed by atoms with Gasteiger partial charge in [0.1, 0.15) is 5.75 Å². The molecule has 0 atom stereocenters. The number of aryl methyl sites for hydroxylation is 1. The van der Waals surface area contributed by atoms with Crippen molar-refractivity contribution in [3.05, 3.63) is 54.1 Å². The van der Waals surface area contributed by atoms with E-state index in [0.29, 0.717) is 12.3 Å². The van der Waals surface area contributed by atoms with Crippen molar-refractivity contribution in [3.8, 4) is 5.75 Å². The van der Waals surface area contributed by atoms with Crippen molar-refractivity contribution in [2.24, 2.45) is 0 Å². The first-order valence-corrected chi connectivity index (χ1v) is 9.82. The Morgan fingerprint density at radius 2 is 1.58 bits per heavy atom. The maximum atomic E-state index is 12.3. The number of nitrogens with one attached hydrogen (secondary N) is 1. The zero-order valence-corrected chi connectivity index (χ0v) is 15.1. The number of ether oxygens (including phenoxy) is 1. The molecular formula is C19H25NO3S. The summed E-state index contributed by atoms with van der Waals surface area (Å²) in [5.41, 5.74) is 1.54. The molecule has 0 aromatic heterocycles. The lowest BCUT2D eigenvalue weighted by Gasteiger charge is -2.10. The summed E-state index contributed by atoms with van der Waals surface area (Å²) in [6.07, 6.45) is 4.64.